The van der Waals surface area contributed by atoms with Gasteiger partial charge in [-0.25, -0.2) is 0 Å². The molecule has 102 valence electrons. The molecule has 2 saturated heterocycles. The molecule has 0 spiro atoms. The molecule has 2 rings (SSSR count). The topological polar surface area (TPSA) is 76.1 Å². The number of carbonyl (C=O) groups is 2. The van der Waals surface area contributed by atoms with Crippen molar-refractivity contribution in [1.82, 2.24) is 4.90 Å². The van der Waals surface area contributed by atoms with E-state index in [2.05, 4.69) is 0 Å². The Kier molecular flexibility index (Phi) is 4.54. The lowest BCUT2D eigenvalue weighted by Crippen LogP contribution is -2.49. The van der Waals surface area contributed by atoms with Crippen molar-refractivity contribution in [3.8, 4) is 0 Å². The highest BCUT2D eigenvalue weighted by atomic mass is 16.5. The van der Waals surface area contributed by atoms with Gasteiger partial charge in [0.15, 0.2) is 0 Å². The van der Waals surface area contributed by atoms with Gasteiger partial charge in [0.25, 0.3) is 0 Å². The summed E-state index contributed by atoms with van der Waals surface area (Å²) in [5, 5.41) is 8.74. The third-order valence-corrected chi connectivity index (χ3v) is 3.36. The van der Waals surface area contributed by atoms with E-state index in [0.29, 0.717) is 26.3 Å². The minimum atomic E-state index is -0.893. The third-order valence-electron chi connectivity index (χ3n) is 3.36. The summed E-state index contributed by atoms with van der Waals surface area (Å²) in [6.07, 6.45) is 1.34. The average molecular weight is 257 g/mol. The second-order valence-electron chi connectivity index (χ2n) is 4.79. The molecular formula is C12H19NO5. The van der Waals surface area contributed by atoms with Crippen LogP contribution in [0.25, 0.3) is 0 Å². The Morgan fingerprint density at radius 1 is 1.33 bits per heavy atom. The van der Waals surface area contributed by atoms with Gasteiger partial charge in [-0.05, 0) is 12.8 Å². The van der Waals surface area contributed by atoms with Gasteiger partial charge in [-0.15, -0.1) is 0 Å². The summed E-state index contributed by atoms with van der Waals surface area (Å²) in [6.45, 7) is 2.55. The van der Waals surface area contributed by atoms with Crippen LogP contribution in [0.3, 0.4) is 0 Å². The summed E-state index contributed by atoms with van der Waals surface area (Å²) in [7, 11) is 0. The molecule has 2 heterocycles. The highest BCUT2D eigenvalue weighted by Crippen LogP contribution is 2.18. The number of rotatable bonds is 3. The van der Waals surface area contributed by atoms with Gasteiger partial charge in [-0.1, -0.05) is 0 Å². The fourth-order valence-electron chi connectivity index (χ4n) is 2.43. The van der Waals surface area contributed by atoms with E-state index in [0.717, 1.165) is 19.4 Å². The molecule has 18 heavy (non-hydrogen) atoms. The minimum absolute atomic E-state index is 0.0506. The Morgan fingerprint density at radius 2 is 2.17 bits per heavy atom. The molecule has 2 atom stereocenters. The van der Waals surface area contributed by atoms with E-state index in [4.69, 9.17) is 14.6 Å². The van der Waals surface area contributed by atoms with Crippen molar-refractivity contribution in [2.24, 2.45) is 5.92 Å². The summed E-state index contributed by atoms with van der Waals surface area (Å²) in [5.74, 6) is -0.883. The van der Waals surface area contributed by atoms with Gasteiger partial charge in [-0.2, -0.15) is 0 Å². The zero-order valence-electron chi connectivity index (χ0n) is 10.3. The maximum Gasteiger partial charge on any atom is 0.306 e. The first kappa shape index (κ1) is 13.3. The predicted molar refractivity (Wildman–Crippen MR) is 62.1 cm³/mol. The normalized spacial score (nSPS) is 29.0. The molecule has 2 aliphatic heterocycles. The van der Waals surface area contributed by atoms with E-state index in [1.54, 1.807) is 4.90 Å². The van der Waals surface area contributed by atoms with Crippen LogP contribution in [0.15, 0.2) is 0 Å². The van der Waals surface area contributed by atoms with Gasteiger partial charge < -0.3 is 19.5 Å². The lowest BCUT2D eigenvalue weighted by atomic mass is 10.00. The molecule has 0 aromatic rings. The second-order valence-corrected chi connectivity index (χ2v) is 4.79. The quantitative estimate of drug-likeness (QED) is 0.777. The lowest BCUT2D eigenvalue weighted by Gasteiger charge is -2.35. The third kappa shape index (κ3) is 3.43. The van der Waals surface area contributed by atoms with Crippen LogP contribution in [0.1, 0.15) is 19.3 Å². The molecule has 6 heteroatoms. The van der Waals surface area contributed by atoms with Crippen molar-refractivity contribution in [3.05, 3.63) is 0 Å². The Bertz CT molecular complexity index is 314. The fourth-order valence-corrected chi connectivity index (χ4v) is 2.43. The van der Waals surface area contributed by atoms with E-state index >= 15 is 0 Å². The van der Waals surface area contributed by atoms with Gasteiger partial charge in [0.05, 0.1) is 31.7 Å². The van der Waals surface area contributed by atoms with E-state index in [9.17, 15) is 9.59 Å². The van der Waals surface area contributed by atoms with Gasteiger partial charge in [0.1, 0.15) is 0 Å². The number of amides is 1. The summed E-state index contributed by atoms with van der Waals surface area (Å²) in [5.41, 5.74) is 0. The summed E-state index contributed by atoms with van der Waals surface area (Å²) >= 11 is 0. The molecular weight excluding hydrogens is 238 g/mol. The SMILES string of the molecule is O=C(O)C[C@@H]1CN(C(=O)[C@H]2CCCOC2)CCO1. The molecule has 0 saturated carbocycles. The lowest BCUT2D eigenvalue weighted by molar-refractivity contribution is -0.152. The Balaban J connectivity index is 1.87. The molecule has 6 nitrogen and oxygen atoms in total. The number of aliphatic carboxylic acids is 1. The molecule has 0 radical (unpaired) electrons. The molecule has 2 aliphatic rings. The van der Waals surface area contributed by atoms with Crippen LogP contribution in [0.2, 0.25) is 0 Å². The second kappa shape index (κ2) is 6.15. The monoisotopic (exact) mass is 257 g/mol. The number of hydrogen-bond acceptors (Lipinski definition) is 4. The van der Waals surface area contributed by atoms with Crippen LogP contribution < -0.4 is 0 Å². The fraction of sp³-hybridized carbons (Fsp3) is 0.833. The van der Waals surface area contributed by atoms with E-state index < -0.39 is 5.97 Å². The maximum absolute atomic E-state index is 12.2. The van der Waals surface area contributed by atoms with Crippen LogP contribution >= 0.6 is 0 Å². The summed E-state index contributed by atoms with van der Waals surface area (Å²) in [4.78, 5) is 24.6. The minimum Gasteiger partial charge on any atom is -0.481 e. The first-order valence-corrected chi connectivity index (χ1v) is 6.36. The van der Waals surface area contributed by atoms with Crippen LogP contribution in [-0.4, -0.2) is 60.9 Å². The van der Waals surface area contributed by atoms with Crippen molar-refractivity contribution in [2.45, 2.75) is 25.4 Å². The summed E-state index contributed by atoms with van der Waals surface area (Å²) < 4.78 is 10.7. The van der Waals surface area contributed by atoms with Crippen LogP contribution in [0.4, 0.5) is 0 Å². The van der Waals surface area contributed by atoms with Crippen molar-refractivity contribution in [2.75, 3.05) is 32.9 Å². The van der Waals surface area contributed by atoms with Crippen LogP contribution in [-0.2, 0) is 19.1 Å². The Morgan fingerprint density at radius 3 is 2.83 bits per heavy atom. The van der Waals surface area contributed by atoms with Crippen molar-refractivity contribution >= 4 is 11.9 Å². The average Bonchev–Trinajstić information content (AvgIpc) is 2.38. The van der Waals surface area contributed by atoms with Gasteiger partial charge in [-0.3, -0.25) is 9.59 Å². The number of nitrogens with zero attached hydrogens (tertiary/aromatic N) is 1. The Labute approximate surface area is 106 Å². The predicted octanol–water partition coefficient (Wildman–Crippen LogP) is 0.115. The zero-order chi connectivity index (χ0) is 13.0. The van der Waals surface area contributed by atoms with Gasteiger partial charge in [0.2, 0.25) is 5.91 Å². The molecule has 0 bridgehead atoms. The maximum atomic E-state index is 12.2. The van der Waals surface area contributed by atoms with E-state index in [-0.39, 0.29) is 24.3 Å². The number of ether oxygens (including phenoxy) is 2. The van der Waals surface area contributed by atoms with Crippen molar-refractivity contribution in [1.29, 1.82) is 0 Å². The number of carboxylic acids is 1. The van der Waals surface area contributed by atoms with E-state index in [1.807, 2.05) is 0 Å². The first-order chi connectivity index (χ1) is 8.66. The smallest absolute Gasteiger partial charge is 0.306 e. The van der Waals surface area contributed by atoms with Gasteiger partial charge >= 0.3 is 5.97 Å². The van der Waals surface area contributed by atoms with Crippen LogP contribution in [0.5, 0.6) is 0 Å². The molecule has 0 aromatic heterocycles. The zero-order valence-corrected chi connectivity index (χ0v) is 10.3. The summed E-state index contributed by atoms with van der Waals surface area (Å²) in [6, 6.07) is 0. The molecule has 0 aliphatic carbocycles. The largest absolute Gasteiger partial charge is 0.481 e. The molecule has 0 aromatic carbocycles. The molecule has 2 fully saturated rings. The number of morpholine rings is 1. The standard InChI is InChI=1S/C12H19NO5/c14-11(15)6-10-7-13(3-5-18-10)12(16)9-2-1-4-17-8-9/h9-10H,1-8H2,(H,14,15)/t9-,10+/m0/s1. The molecule has 1 amide bonds. The number of hydrogen-bond donors (Lipinski definition) is 1. The van der Waals surface area contributed by atoms with Crippen molar-refractivity contribution < 1.29 is 24.2 Å². The van der Waals surface area contributed by atoms with Gasteiger partial charge in [0, 0.05) is 19.7 Å². The van der Waals surface area contributed by atoms with E-state index in [1.165, 1.54) is 0 Å². The number of carbonyl (C=O) groups excluding carboxylic acids is 1. The number of carboxylic acid groups (broad SMARTS) is 1. The molecule has 1 N–H and O–H groups in total. The molecule has 0 unspecified atom stereocenters. The first-order valence-electron chi connectivity index (χ1n) is 6.36. The van der Waals surface area contributed by atoms with Crippen LogP contribution in [0, 0.1) is 5.92 Å². The highest BCUT2D eigenvalue weighted by Gasteiger charge is 2.31. The van der Waals surface area contributed by atoms with Crippen molar-refractivity contribution in [3.63, 3.8) is 0 Å². The highest BCUT2D eigenvalue weighted by molar-refractivity contribution is 5.79. The Hall–Kier alpha value is -1.14.